The van der Waals surface area contributed by atoms with E-state index in [4.69, 9.17) is 0 Å². The van der Waals surface area contributed by atoms with Gasteiger partial charge in [0.2, 0.25) is 5.91 Å². The highest BCUT2D eigenvalue weighted by molar-refractivity contribution is 5.86. The van der Waals surface area contributed by atoms with Crippen molar-refractivity contribution in [1.82, 2.24) is 4.90 Å². The van der Waals surface area contributed by atoms with Gasteiger partial charge < -0.3 is 14.8 Å². The van der Waals surface area contributed by atoms with Gasteiger partial charge in [-0.2, -0.15) is 0 Å². The molecule has 0 radical (unpaired) electrons. The molecule has 2 rings (SSSR count). The highest BCUT2D eigenvalue weighted by Crippen LogP contribution is 2.30. The van der Waals surface area contributed by atoms with E-state index < -0.39 is 12.0 Å². The summed E-state index contributed by atoms with van der Waals surface area (Å²) in [5.74, 6) is -1.10. The van der Waals surface area contributed by atoms with Crippen LogP contribution in [0, 0.1) is 0 Å². The Morgan fingerprint density at radius 3 is 2.50 bits per heavy atom. The van der Waals surface area contributed by atoms with Gasteiger partial charge in [0.25, 0.3) is 0 Å². The molecule has 0 aromatic rings. The second kappa shape index (κ2) is 3.59. The number of carboxylic acid groups (broad SMARTS) is 1. The SMILES string of the molecule is O=C([O-])C1CCC(=O)N1C1CCCC1. The quantitative estimate of drug-likeness (QED) is 0.607. The maximum Gasteiger partial charge on any atom is 0.223 e. The summed E-state index contributed by atoms with van der Waals surface area (Å²) in [5, 5.41) is 10.8. The third kappa shape index (κ3) is 1.49. The lowest BCUT2D eigenvalue weighted by Gasteiger charge is -2.31. The summed E-state index contributed by atoms with van der Waals surface area (Å²) in [4.78, 5) is 23.9. The number of rotatable bonds is 2. The Kier molecular flexibility index (Phi) is 2.44. The predicted molar refractivity (Wildman–Crippen MR) is 47.1 cm³/mol. The Hall–Kier alpha value is -1.06. The first kappa shape index (κ1) is 9.49. The minimum atomic E-state index is -1.09. The summed E-state index contributed by atoms with van der Waals surface area (Å²) in [6, 6.07) is -0.501. The van der Waals surface area contributed by atoms with Gasteiger partial charge in [0.05, 0.1) is 12.0 Å². The third-order valence-electron chi connectivity index (χ3n) is 3.25. The van der Waals surface area contributed by atoms with Crippen LogP contribution in [0.3, 0.4) is 0 Å². The molecule has 14 heavy (non-hydrogen) atoms. The van der Waals surface area contributed by atoms with Gasteiger partial charge in [0.15, 0.2) is 0 Å². The van der Waals surface area contributed by atoms with Crippen LogP contribution in [0.5, 0.6) is 0 Å². The van der Waals surface area contributed by atoms with Crippen molar-refractivity contribution in [2.45, 2.75) is 50.6 Å². The van der Waals surface area contributed by atoms with Crippen LogP contribution in [0.25, 0.3) is 0 Å². The molecule has 1 heterocycles. The van der Waals surface area contributed by atoms with Crippen LogP contribution in [0.4, 0.5) is 0 Å². The van der Waals surface area contributed by atoms with Crippen molar-refractivity contribution >= 4 is 11.9 Å². The summed E-state index contributed by atoms with van der Waals surface area (Å²) in [6.07, 6.45) is 4.92. The number of aliphatic carboxylic acids is 1. The second-order valence-electron chi connectivity index (χ2n) is 4.11. The summed E-state index contributed by atoms with van der Waals surface area (Å²) in [7, 11) is 0. The zero-order chi connectivity index (χ0) is 10.1. The van der Waals surface area contributed by atoms with E-state index in [0.29, 0.717) is 12.8 Å². The highest BCUT2D eigenvalue weighted by atomic mass is 16.4. The van der Waals surface area contributed by atoms with Gasteiger partial charge in [-0.3, -0.25) is 4.79 Å². The van der Waals surface area contributed by atoms with E-state index in [1.807, 2.05) is 0 Å². The zero-order valence-corrected chi connectivity index (χ0v) is 8.07. The van der Waals surface area contributed by atoms with E-state index >= 15 is 0 Å². The van der Waals surface area contributed by atoms with Crippen LogP contribution >= 0.6 is 0 Å². The van der Waals surface area contributed by atoms with E-state index in [1.54, 1.807) is 4.90 Å². The lowest BCUT2D eigenvalue weighted by atomic mass is 10.1. The second-order valence-corrected chi connectivity index (χ2v) is 4.11. The monoisotopic (exact) mass is 196 g/mol. The van der Waals surface area contributed by atoms with Gasteiger partial charge in [0, 0.05) is 12.5 Å². The molecule has 1 saturated carbocycles. The minimum absolute atomic E-state index is 0.00824. The summed E-state index contributed by atoms with van der Waals surface area (Å²) < 4.78 is 0. The molecule has 1 atom stereocenters. The molecule has 0 bridgehead atoms. The Labute approximate surface area is 82.9 Å². The van der Waals surface area contributed by atoms with Crippen molar-refractivity contribution in [3.8, 4) is 0 Å². The zero-order valence-electron chi connectivity index (χ0n) is 8.07. The number of nitrogens with zero attached hydrogens (tertiary/aromatic N) is 1. The number of hydrogen-bond acceptors (Lipinski definition) is 3. The predicted octanol–water partition coefficient (Wildman–Crippen LogP) is -0.330. The molecule has 1 saturated heterocycles. The van der Waals surface area contributed by atoms with Crippen molar-refractivity contribution in [3.63, 3.8) is 0 Å². The van der Waals surface area contributed by atoms with Crippen molar-refractivity contribution in [2.24, 2.45) is 0 Å². The fourth-order valence-corrected chi connectivity index (χ4v) is 2.57. The summed E-state index contributed by atoms with van der Waals surface area (Å²) in [5.41, 5.74) is 0. The lowest BCUT2D eigenvalue weighted by Crippen LogP contribution is -2.49. The van der Waals surface area contributed by atoms with Crippen molar-refractivity contribution in [3.05, 3.63) is 0 Å². The number of carbonyl (C=O) groups is 2. The summed E-state index contributed by atoms with van der Waals surface area (Å²) in [6.45, 7) is 0. The van der Waals surface area contributed by atoms with Gasteiger partial charge in [-0.1, -0.05) is 12.8 Å². The molecule has 0 spiro atoms. The first-order chi connectivity index (χ1) is 6.70. The molecule has 1 amide bonds. The first-order valence-electron chi connectivity index (χ1n) is 5.22. The number of amides is 1. The van der Waals surface area contributed by atoms with E-state index in [9.17, 15) is 14.7 Å². The molecule has 4 heteroatoms. The fourth-order valence-electron chi connectivity index (χ4n) is 2.57. The molecule has 1 aliphatic carbocycles. The number of hydrogen-bond donors (Lipinski definition) is 0. The maximum atomic E-state index is 11.5. The van der Waals surface area contributed by atoms with Crippen LogP contribution in [-0.2, 0) is 9.59 Å². The van der Waals surface area contributed by atoms with E-state index in [0.717, 1.165) is 25.7 Å². The Morgan fingerprint density at radius 2 is 1.93 bits per heavy atom. The normalized spacial score (nSPS) is 28.7. The van der Waals surface area contributed by atoms with Gasteiger partial charge in [0.1, 0.15) is 0 Å². The Morgan fingerprint density at radius 1 is 1.29 bits per heavy atom. The molecule has 1 unspecified atom stereocenters. The van der Waals surface area contributed by atoms with Crippen molar-refractivity contribution in [2.75, 3.05) is 0 Å². The molecule has 78 valence electrons. The fraction of sp³-hybridized carbons (Fsp3) is 0.800. The maximum absolute atomic E-state index is 11.5. The average molecular weight is 196 g/mol. The van der Waals surface area contributed by atoms with Gasteiger partial charge in [-0.15, -0.1) is 0 Å². The van der Waals surface area contributed by atoms with Gasteiger partial charge in [-0.25, -0.2) is 0 Å². The smallest absolute Gasteiger partial charge is 0.223 e. The number of carboxylic acids is 1. The molecule has 2 fully saturated rings. The van der Waals surface area contributed by atoms with Crippen LogP contribution in [0.1, 0.15) is 38.5 Å². The van der Waals surface area contributed by atoms with Gasteiger partial charge in [-0.05, 0) is 19.3 Å². The largest absolute Gasteiger partial charge is 0.548 e. The van der Waals surface area contributed by atoms with Crippen molar-refractivity contribution in [1.29, 1.82) is 0 Å². The van der Waals surface area contributed by atoms with Crippen LogP contribution < -0.4 is 5.11 Å². The molecule has 4 nitrogen and oxygen atoms in total. The van der Waals surface area contributed by atoms with Crippen LogP contribution in [0.2, 0.25) is 0 Å². The lowest BCUT2D eigenvalue weighted by molar-refractivity contribution is -0.311. The average Bonchev–Trinajstić information content (AvgIpc) is 2.71. The van der Waals surface area contributed by atoms with Crippen LogP contribution in [-0.4, -0.2) is 28.9 Å². The van der Waals surface area contributed by atoms with E-state index in [1.165, 1.54) is 0 Å². The Bertz CT molecular complexity index is 258. The summed E-state index contributed by atoms with van der Waals surface area (Å²) >= 11 is 0. The molecule has 2 aliphatic rings. The third-order valence-corrected chi connectivity index (χ3v) is 3.25. The Balaban J connectivity index is 2.12. The standard InChI is InChI=1S/C10H15NO3/c12-9-6-5-8(10(13)14)11(9)7-3-1-2-4-7/h7-8H,1-6H2,(H,13,14)/p-1. The van der Waals surface area contributed by atoms with Crippen LogP contribution in [0.15, 0.2) is 0 Å². The van der Waals surface area contributed by atoms with Crippen molar-refractivity contribution < 1.29 is 14.7 Å². The first-order valence-corrected chi connectivity index (χ1v) is 5.22. The number of likely N-dealkylation sites (tertiary alicyclic amines) is 1. The van der Waals surface area contributed by atoms with Gasteiger partial charge >= 0.3 is 0 Å². The van der Waals surface area contributed by atoms with E-state index in [2.05, 4.69) is 0 Å². The molecule has 0 N–H and O–H groups in total. The van der Waals surface area contributed by atoms with E-state index in [-0.39, 0.29) is 11.9 Å². The molecular formula is C10H14NO3-. The topological polar surface area (TPSA) is 60.4 Å². The molecule has 0 aromatic carbocycles. The molecular weight excluding hydrogens is 182 g/mol. The molecule has 1 aliphatic heterocycles. The number of carbonyl (C=O) groups excluding carboxylic acids is 2. The minimum Gasteiger partial charge on any atom is -0.548 e. The highest BCUT2D eigenvalue weighted by Gasteiger charge is 2.37. The molecule has 0 aromatic heterocycles.